The first-order valence-electron chi connectivity index (χ1n) is 11.6. The van der Waals surface area contributed by atoms with Crippen molar-refractivity contribution in [2.75, 3.05) is 27.6 Å². The van der Waals surface area contributed by atoms with E-state index in [0.29, 0.717) is 36.6 Å². The SMILES string of the molecule is COC(=O)CC(c1ccc2c(c1)OCO2)c1cccc2c1CCN(C(=O)c1ccc(OC)cc1)C2. The van der Waals surface area contributed by atoms with E-state index in [9.17, 15) is 9.59 Å². The number of carbonyl (C=O) groups excluding carboxylic acids is 2. The van der Waals surface area contributed by atoms with Crippen LogP contribution in [-0.2, 0) is 22.5 Å². The lowest BCUT2D eigenvalue weighted by Gasteiger charge is -2.32. The number of hydrogen-bond donors (Lipinski definition) is 0. The number of esters is 1. The fraction of sp³-hybridized carbons (Fsp3) is 0.286. The molecule has 2 aliphatic rings. The molecule has 0 aliphatic carbocycles. The molecule has 3 aromatic rings. The van der Waals surface area contributed by atoms with E-state index in [1.54, 1.807) is 31.4 Å². The highest BCUT2D eigenvalue weighted by Gasteiger charge is 2.28. The van der Waals surface area contributed by atoms with Crippen LogP contribution in [0.15, 0.2) is 60.7 Å². The summed E-state index contributed by atoms with van der Waals surface area (Å²) in [7, 11) is 3.01. The molecule has 5 rings (SSSR count). The van der Waals surface area contributed by atoms with E-state index in [-0.39, 0.29) is 31.0 Å². The van der Waals surface area contributed by atoms with E-state index in [4.69, 9.17) is 18.9 Å². The topological polar surface area (TPSA) is 74.3 Å². The van der Waals surface area contributed by atoms with Gasteiger partial charge in [-0.25, -0.2) is 0 Å². The number of fused-ring (bicyclic) bond motifs is 2. The molecule has 0 saturated carbocycles. The molecule has 180 valence electrons. The number of nitrogens with zero attached hydrogens (tertiary/aromatic N) is 1. The van der Waals surface area contributed by atoms with Crippen molar-refractivity contribution in [2.45, 2.75) is 25.3 Å². The van der Waals surface area contributed by atoms with Gasteiger partial charge in [-0.15, -0.1) is 0 Å². The van der Waals surface area contributed by atoms with E-state index in [2.05, 4.69) is 12.1 Å². The molecular formula is C28H27NO6. The Labute approximate surface area is 204 Å². The summed E-state index contributed by atoms with van der Waals surface area (Å²) in [6, 6.07) is 19.1. The van der Waals surface area contributed by atoms with Gasteiger partial charge in [0.15, 0.2) is 11.5 Å². The van der Waals surface area contributed by atoms with Gasteiger partial charge in [-0.2, -0.15) is 0 Å². The lowest BCUT2D eigenvalue weighted by Crippen LogP contribution is -2.36. The number of methoxy groups -OCH3 is 2. The predicted octanol–water partition coefficient (Wildman–Crippen LogP) is 4.32. The van der Waals surface area contributed by atoms with Crippen LogP contribution in [0.1, 0.15) is 45.0 Å². The molecule has 7 heteroatoms. The van der Waals surface area contributed by atoms with E-state index < -0.39 is 0 Å². The van der Waals surface area contributed by atoms with Crippen molar-refractivity contribution in [2.24, 2.45) is 0 Å². The molecule has 7 nitrogen and oxygen atoms in total. The first kappa shape index (κ1) is 22.8. The van der Waals surface area contributed by atoms with Gasteiger partial charge in [0.05, 0.1) is 20.6 Å². The van der Waals surface area contributed by atoms with Gasteiger partial charge in [-0.1, -0.05) is 24.3 Å². The molecule has 1 amide bonds. The van der Waals surface area contributed by atoms with Gasteiger partial charge in [0.1, 0.15) is 5.75 Å². The van der Waals surface area contributed by atoms with Crippen LogP contribution >= 0.6 is 0 Å². The Morgan fingerprint density at radius 2 is 1.80 bits per heavy atom. The second kappa shape index (κ2) is 9.70. The Morgan fingerprint density at radius 1 is 1.00 bits per heavy atom. The highest BCUT2D eigenvalue weighted by atomic mass is 16.7. The van der Waals surface area contributed by atoms with E-state index in [1.165, 1.54) is 12.7 Å². The molecule has 1 unspecified atom stereocenters. The van der Waals surface area contributed by atoms with Crippen LogP contribution in [0.25, 0.3) is 0 Å². The molecule has 35 heavy (non-hydrogen) atoms. The van der Waals surface area contributed by atoms with Crippen LogP contribution in [0.4, 0.5) is 0 Å². The molecular weight excluding hydrogens is 446 g/mol. The minimum atomic E-state index is -0.280. The molecule has 1 atom stereocenters. The summed E-state index contributed by atoms with van der Waals surface area (Å²) >= 11 is 0. The summed E-state index contributed by atoms with van der Waals surface area (Å²) in [4.78, 5) is 27.4. The first-order valence-corrected chi connectivity index (χ1v) is 11.6. The summed E-state index contributed by atoms with van der Waals surface area (Å²) in [5.74, 6) is 1.61. The fourth-order valence-corrected chi connectivity index (χ4v) is 4.84. The molecule has 2 heterocycles. The zero-order chi connectivity index (χ0) is 24.4. The van der Waals surface area contributed by atoms with Crippen molar-refractivity contribution >= 4 is 11.9 Å². The molecule has 3 aromatic carbocycles. The monoisotopic (exact) mass is 473 g/mol. The van der Waals surface area contributed by atoms with Crippen LogP contribution < -0.4 is 14.2 Å². The van der Waals surface area contributed by atoms with E-state index in [0.717, 1.165) is 22.4 Å². The number of rotatable bonds is 6. The average Bonchev–Trinajstić information content (AvgIpc) is 3.38. The summed E-state index contributed by atoms with van der Waals surface area (Å²) in [6.07, 6.45) is 0.913. The molecule has 0 N–H and O–H groups in total. The number of ether oxygens (including phenoxy) is 4. The zero-order valence-corrected chi connectivity index (χ0v) is 19.8. The zero-order valence-electron chi connectivity index (χ0n) is 19.8. The van der Waals surface area contributed by atoms with Crippen LogP contribution in [0.5, 0.6) is 17.2 Å². The summed E-state index contributed by atoms with van der Waals surface area (Å²) in [5.41, 5.74) is 4.94. The lowest BCUT2D eigenvalue weighted by molar-refractivity contribution is -0.140. The Balaban J connectivity index is 1.44. The van der Waals surface area contributed by atoms with Crippen LogP contribution in [-0.4, -0.2) is 44.3 Å². The lowest BCUT2D eigenvalue weighted by atomic mass is 9.82. The number of hydrogen-bond acceptors (Lipinski definition) is 6. The fourth-order valence-electron chi connectivity index (χ4n) is 4.84. The average molecular weight is 474 g/mol. The largest absolute Gasteiger partial charge is 0.497 e. The number of carbonyl (C=O) groups is 2. The molecule has 0 spiro atoms. The van der Waals surface area contributed by atoms with E-state index >= 15 is 0 Å². The summed E-state index contributed by atoms with van der Waals surface area (Å²) in [6.45, 7) is 1.31. The molecule has 0 radical (unpaired) electrons. The van der Waals surface area contributed by atoms with Crippen molar-refractivity contribution in [3.63, 3.8) is 0 Å². The third kappa shape index (κ3) is 4.54. The van der Waals surface area contributed by atoms with Crippen molar-refractivity contribution < 1.29 is 28.5 Å². The predicted molar refractivity (Wildman–Crippen MR) is 129 cm³/mol. The Bertz CT molecular complexity index is 1250. The number of amides is 1. The summed E-state index contributed by atoms with van der Waals surface area (Å²) in [5, 5.41) is 0. The van der Waals surface area contributed by atoms with Crippen LogP contribution in [0, 0.1) is 0 Å². The van der Waals surface area contributed by atoms with Gasteiger partial charge in [-0.05, 0) is 65.1 Å². The molecule has 0 bridgehead atoms. The van der Waals surface area contributed by atoms with Crippen molar-refractivity contribution in [3.8, 4) is 17.2 Å². The van der Waals surface area contributed by atoms with E-state index in [1.807, 2.05) is 29.2 Å². The standard InChI is InChI=1S/C28H27NO6/c1-32-21-9-6-18(7-10-21)28(31)29-13-12-22-20(16-29)4-3-5-23(22)24(15-27(30)33-2)19-8-11-25-26(14-19)35-17-34-25/h3-11,14,24H,12-13,15-17H2,1-2H3. The maximum Gasteiger partial charge on any atom is 0.306 e. The normalized spacial score (nSPS) is 14.7. The van der Waals surface area contributed by atoms with Crippen molar-refractivity contribution in [1.29, 1.82) is 0 Å². The smallest absolute Gasteiger partial charge is 0.306 e. The minimum Gasteiger partial charge on any atom is -0.497 e. The van der Waals surface area contributed by atoms with Gasteiger partial charge < -0.3 is 23.8 Å². The second-order valence-corrected chi connectivity index (χ2v) is 8.64. The maximum absolute atomic E-state index is 13.1. The summed E-state index contributed by atoms with van der Waals surface area (Å²) < 4.78 is 21.3. The second-order valence-electron chi connectivity index (χ2n) is 8.64. The quantitative estimate of drug-likeness (QED) is 0.497. The van der Waals surface area contributed by atoms with Gasteiger partial charge in [0.2, 0.25) is 6.79 Å². The molecule has 0 aromatic heterocycles. The minimum absolute atomic E-state index is 0.00871. The third-order valence-electron chi connectivity index (χ3n) is 6.70. The van der Waals surface area contributed by atoms with Crippen LogP contribution in [0.3, 0.4) is 0 Å². The van der Waals surface area contributed by atoms with Crippen LogP contribution in [0.2, 0.25) is 0 Å². The Hall–Kier alpha value is -4.00. The van der Waals surface area contributed by atoms with Crippen molar-refractivity contribution in [1.82, 2.24) is 4.90 Å². The first-order chi connectivity index (χ1) is 17.1. The molecule has 0 fully saturated rings. The highest BCUT2D eigenvalue weighted by Crippen LogP contribution is 2.40. The van der Waals surface area contributed by atoms with Gasteiger partial charge in [0, 0.05) is 24.6 Å². The molecule has 0 saturated heterocycles. The molecule has 2 aliphatic heterocycles. The van der Waals surface area contributed by atoms with Gasteiger partial charge >= 0.3 is 5.97 Å². The number of benzene rings is 3. The maximum atomic E-state index is 13.1. The third-order valence-corrected chi connectivity index (χ3v) is 6.70. The van der Waals surface area contributed by atoms with Crippen molar-refractivity contribution in [3.05, 3.63) is 88.5 Å². The van der Waals surface area contributed by atoms with Gasteiger partial charge in [-0.3, -0.25) is 9.59 Å². The highest BCUT2D eigenvalue weighted by molar-refractivity contribution is 5.94. The Morgan fingerprint density at radius 3 is 2.57 bits per heavy atom. The van der Waals surface area contributed by atoms with Gasteiger partial charge in [0.25, 0.3) is 5.91 Å². The Kier molecular flexibility index (Phi) is 6.31.